The molecule has 1 amide bonds. The molecule has 0 aliphatic carbocycles. The van der Waals surface area contributed by atoms with Crippen molar-refractivity contribution >= 4 is 21.8 Å². The molecule has 0 aromatic heterocycles. The van der Waals surface area contributed by atoms with Crippen LogP contribution in [0.25, 0.3) is 0 Å². The van der Waals surface area contributed by atoms with Crippen LogP contribution in [0.3, 0.4) is 0 Å². The second kappa shape index (κ2) is 3.99. The van der Waals surface area contributed by atoms with Crippen molar-refractivity contribution in [3.63, 3.8) is 0 Å². The maximum absolute atomic E-state index is 11.5. The first-order valence-corrected chi connectivity index (χ1v) is 5.90. The molecule has 0 radical (unpaired) electrons. The molecular formula is C10H18BrNO. The molecule has 13 heavy (non-hydrogen) atoms. The summed E-state index contributed by atoms with van der Waals surface area (Å²) < 4.78 is 0. The Morgan fingerprint density at radius 1 is 1.62 bits per heavy atom. The summed E-state index contributed by atoms with van der Waals surface area (Å²) in [5.74, 6) is 0.861. The Hall–Kier alpha value is -0.0500. The SMILES string of the molecule is CC1CC(=O)N(CC(C)(C)CBr)C1. The van der Waals surface area contributed by atoms with E-state index in [0.29, 0.717) is 11.8 Å². The van der Waals surface area contributed by atoms with Gasteiger partial charge in [0.1, 0.15) is 0 Å². The van der Waals surface area contributed by atoms with E-state index in [1.807, 2.05) is 4.90 Å². The number of amides is 1. The van der Waals surface area contributed by atoms with Gasteiger partial charge in [-0.15, -0.1) is 0 Å². The van der Waals surface area contributed by atoms with E-state index in [-0.39, 0.29) is 5.41 Å². The lowest BCUT2D eigenvalue weighted by Gasteiger charge is -2.28. The summed E-state index contributed by atoms with van der Waals surface area (Å²) in [6, 6.07) is 0. The fourth-order valence-electron chi connectivity index (χ4n) is 1.68. The van der Waals surface area contributed by atoms with Gasteiger partial charge in [0.15, 0.2) is 0 Å². The highest BCUT2D eigenvalue weighted by Crippen LogP contribution is 2.24. The summed E-state index contributed by atoms with van der Waals surface area (Å²) in [7, 11) is 0. The highest BCUT2D eigenvalue weighted by molar-refractivity contribution is 9.09. The zero-order valence-corrected chi connectivity index (χ0v) is 10.2. The number of hydrogen-bond acceptors (Lipinski definition) is 1. The smallest absolute Gasteiger partial charge is 0.222 e. The van der Waals surface area contributed by atoms with Crippen LogP contribution in [-0.4, -0.2) is 29.2 Å². The first kappa shape index (κ1) is 11.0. The molecule has 1 aliphatic rings. The monoisotopic (exact) mass is 247 g/mol. The largest absolute Gasteiger partial charge is 0.342 e. The molecule has 1 unspecified atom stereocenters. The van der Waals surface area contributed by atoms with Gasteiger partial charge in [-0.1, -0.05) is 36.7 Å². The standard InChI is InChI=1S/C10H18BrNO/c1-8-4-9(13)12(5-8)7-10(2,3)6-11/h8H,4-7H2,1-3H3. The van der Waals surface area contributed by atoms with Gasteiger partial charge in [0.25, 0.3) is 0 Å². The molecule has 0 spiro atoms. The summed E-state index contributed by atoms with van der Waals surface area (Å²) in [6.07, 6.45) is 0.734. The van der Waals surface area contributed by atoms with Crippen molar-refractivity contribution in [3.8, 4) is 0 Å². The van der Waals surface area contributed by atoms with Gasteiger partial charge in [0, 0.05) is 24.8 Å². The molecule has 0 N–H and O–H groups in total. The van der Waals surface area contributed by atoms with Gasteiger partial charge < -0.3 is 4.90 Å². The van der Waals surface area contributed by atoms with E-state index in [2.05, 4.69) is 36.7 Å². The molecule has 0 aromatic carbocycles. The van der Waals surface area contributed by atoms with E-state index in [9.17, 15) is 4.79 Å². The molecule has 1 rings (SSSR count). The van der Waals surface area contributed by atoms with Crippen molar-refractivity contribution < 1.29 is 4.79 Å². The van der Waals surface area contributed by atoms with Gasteiger partial charge in [0.2, 0.25) is 5.91 Å². The maximum atomic E-state index is 11.5. The van der Waals surface area contributed by atoms with Crippen LogP contribution in [0.15, 0.2) is 0 Å². The summed E-state index contributed by atoms with van der Waals surface area (Å²) in [6.45, 7) is 8.31. The van der Waals surface area contributed by atoms with Crippen LogP contribution in [-0.2, 0) is 4.79 Å². The number of likely N-dealkylation sites (tertiary alicyclic amines) is 1. The number of rotatable bonds is 3. The molecule has 0 aromatic rings. The van der Waals surface area contributed by atoms with Gasteiger partial charge in [-0.05, 0) is 11.3 Å². The third kappa shape index (κ3) is 2.97. The van der Waals surface area contributed by atoms with Crippen molar-refractivity contribution in [2.75, 3.05) is 18.4 Å². The van der Waals surface area contributed by atoms with Crippen molar-refractivity contribution in [3.05, 3.63) is 0 Å². The first-order chi connectivity index (χ1) is 5.94. The highest BCUT2D eigenvalue weighted by atomic mass is 79.9. The molecule has 1 atom stereocenters. The van der Waals surface area contributed by atoms with Gasteiger partial charge in [-0.3, -0.25) is 4.79 Å². The molecule has 1 heterocycles. The minimum Gasteiger partial charge on any atom is -0.342 e. The minimum absolute atomic E-state index is 0.194. The van der Waals surface area contributed by atoms with Crippen molar-refractivity contribution in [1.82, 2.24) is 4.90 Å². The molecule has 3 heteroatoms. The predicted octanol–water partition coefficient (Wildman–Crippen LogP) is 2.28. The Labute approximate surface area is 88.8 Å². The summed E-state index contributed by atoms with van der Waals surface area (Å²) in [5, 5.41) is 0.943. The molecule has 0 bridgehead atoms. The Bertz CT molecular complexity index is 203. The van der Waals surface area contributed by atoms with Crippen LogP contribution in [0.4, 0.5) is 0 Å². The van der Waals surface area contributed by atoms with E-state index >= 15 is 0 Å². The summed E-state index contributed by atoms with van der Waals surface area (Å²) >= 11 is 3.48. The topological polar surface area (TPSA) is 20.3 Å². The predicted molar refractivity (Wildman–Crippen MR) is 57.9 cm³/mol. The number of halogens is 1. The summed E-state index contributed by atoms with van der Waals surface area (Å²) in [4.78, 5) is 13.5. The van der Waals surface area contributed by atoms with Crippen molar-refractivity contribution in [2.45, 2.75) is 27.2 Å². The summed E-state index contributed by atoms with van der Waals surface area (Å²) in [5.41, 5.74) is 0.194. The average molecular weight is 248 g/mol. The van der Waals surface area contributed by atoms with Crippen LogP contribution in [0.1, 0.15) is 27.2 Å². The average Bonchev–Trinajstić information content (AvgIpc) is 2.30. The van der Waals surface area contributed by atoms with Crippen LogP contribution in [0, 0.1) is 11.3 Å². The number of hydrogen-bond donors (Lipinski definition) is 0. The Morgan fingerprint density at radius 3 is 2.62 bits per heavy atom. The van der Waals surface area contributed by atoms with Crippen molar-refractivity contribution in [2.24, 2.45) is 11.3 Å². The molecule has 0 saturated carbocycles. The van der Waals surface area contributed by atoms with E-state index in [1.165, 1.54) is 0 Å². The normalized spacial score (nSPS) is 24.2. The van der Waals surface area contributed by atoms with Crippen LogP contribution < -0.4 is 0 Å². The maximum Gasteiger partial charge on any atom is 0.222 e. The molecule has 76 valence electrons. The molecule has 2 nitrogen and oxygen atoms in total. The fraction of sp³-hybridized carbons (Fsp3) is 0.900. The van der Waals surface area contributed by atoms with Crippen LogP contribution in [0.5, 0.6) is 0 Å². The molecule has 1 aliphatic heterocycles. The lowest BCUT2D eigenvalue weighted by Crippen LogP contribution is -2.36. The van der Waals surface area contributed by atoms with Gasteiger partial charge in [-0.2, -0.15) is 0 Å². The van der Waals surface area contributed by atoms with E-state index in [4.69, 9.17) is 0 Å². The number of alkyl halides is 1. The first-order valence-electron chi connectivity index (χ1n) is 4.78. The quantitative estimate of drug-likeness (QED) is 0.701. The zero-order valence-electron chi connectivity index (χ0n) is 8.64. The fourth-order valence-corrected chi connectivity index (χ4v) is 1.86. The van der Waals surface area contributed by atoms with E-state index < -0.39 is 0 Å². The second-order valence-corrected chi connectivity index (χ2v) is 5.44. The minimum atomic E-state index is 0.194. The number of nitrogens with zero attached hydrogens (tertiary/aromatic N) is 1. The van der Waals surface area contributed by atoms with Gasteiger partial charge >= 0.3 is 0 Å². The van der Waals surface area contributed by atoms with E-state index in [1.54, 1.807) is 0 Å². The second-order valence-electron chi connectivity index (χ2n) is 4.88. The Kier molecular flexibility index (Phi) is 3.38. The Balaban J connectivity index is 2.50. The third-order valence-corrected chi connectivity index (χ3v) is 3.91. The number of carbonyl (C=O) groups is 1. The third-order valence-electron chi connectivity index (χ3n) is 2.39. The molecular weight excluding hydrogens is 230 g/mol. The Morgan fingerprint density at radius 2 is 2.23 bits per heavy atom. The zero-order chi connectivity index (χ0) is 10.1. The molecule has 1 fully saturated rings. The number of carbonyl (C=O) groups excluding carboxylic acids is 1. The highest BCUT2D eigenvalue weighted by Gasteiger charge is 2.30. The lowest BCUT2D eigenvalue weighted by molar-refractivity contribution is -0.128. The van der Waals surface area contributed by atoms with Crippen LogP contribution in [0.2, 0.25) is 0 Å². The van der Waals surface area contributed by atoms with Gasteiger partial charge in [-0.25, -0.2) is 0 Å². The van der Waals surface area contributed by atoms with Gasteiger partial charge in [0.05, 0.1) is 0 Å². The lowest BCUT2D eigenvalue weighted by atomic mass is 9.96. The van der Waals surface area contributed by atoms with Crippen molar-refractivity contribution in [1.29, 1.82) is 0 Å². The molecule has 1 saturated heterocycles. The van der Waals surface area contributed by atoms with Crippen LogP contribution >= 0.6 is 15.9 Å². The van der Waals surface area contributed by atoms with E-state index in [0.717, 1.165) is 24.8 Å².